The van der Waals surface area contributed by atoms with Gasteiger partial charge in [-0.25, -0.2) is 0 Å². The quantitative estimate of drug-likeness (QED) is 0.836. The summed E-state index contributed by atoms with van der Waals surface area (Å²) in [6, 6.07) is 10.2. The number of rotatable bonds is 2. The van der Waals surface area contributed by atoms with Crippen LogP contribution >= 0.6 is 0 Å². The molecule has 0 N–H and O–H groups in total. The van der Waals surface area contributed by atoms with Crippen molar-refractivity contribution in [1.82, 2.24) is 9.80 Å². The summed E-state index contributed by atoms with van der Waals surface area (Å²) in [6.07, 6.45) is 1.83. The number of likely N-dealkylation sites (tertiary alicyclic amines) is 1. The van der Waals surface area contributed by atoms with E-state index in [4.69, 9.17) is 5.26 Å². The third-order valence-electron chi connectivity index (χ3n) is 4.87. The van der Waals surface area contributed by atoms with Crippen molar-refractivity contribution in [3.63, 3.8) is 0 Å². The van der Waals surface area contributed by atoms with Crippen molar-refractivity contribution in [1.29, 1.82) is 5.26 Å². The molecule has 23 heavy (non-hydrogen) atoms. The van der Waals surface area contributed by atoms with Gasteiger partial charge < -0.3 is 14.7 Å². The predicted molar refractivity (Wildman–Crippen MR) is 90.4 cm³/mol. The van der Waals surface area contributed by atoms with Crippen molar-refractivity contribution < 1.29 is 4.79 Å². The van der Waals surface area contributed by atoms with Gasteiger partial charge in [-0.2, -0.15) is 5.26 Å². The number of carbonyl (C=O) groups excluding carboxylic acids is 1. The third kappa shape index (κ3) is 3.65. The number of carbonyl (C=O) groups is 1. The van der Waals surface area contributed by atoms with Crippen LogP contribution in [0.4, 0.5) is 5.69 Å². The molecule has 2 heterocycles. The lowest BCUT2D eigenvalue weighted by Gasteiger charge is -2.34. The third-order valence-corrected chi connectivity index (χ3v) is 4.87. The number of amides is 1. The molecule has 0 saturated carbocycles. The zero-order chi connectivity index (χ0) is 16.2. The van der Waals surface area contributed by atoms with E-state index in [1.165, 1.54) is 5.69 Å². The molecule has 0 unspecified atom stereocenters. The largest absolute Gasteiger partial charge is 0.369 e. The number of piperazine rings is 1. The van der Waals surface area contributed by atoms with Gasteiger partial charge in [-0.15, -0.1) is 0 Å². The highest BCUT2D eigenvalue weighted by Crippen LogP contribution is 2.21. The zero-order valence-corrected chi connectivity index (χ0v) is 13.7. The molecule has 1 aromatic carbocycles. The molecule has 0 bridgehead atoms. The number of piperidine rings is 1. The minimum Gasteiger partial charge on any atom is -0.369 e. The van der Waals surface area contributed by atoms with Gasteiger partial charge in [0.1, 0.15) is 0 Å². The Bertz CT molecular complexity index is 584. The van der Waals surface area contributed by atoms with Gasteiger partial charge in [-0.1, -0.05) is 0 Å². The smallest absolute Gasteiger partial charge is 0.253 e. The Morgan fingerprint density at radius 3 is 2.48 bits per heavy atom. The van der Waals surface area contributed by atoms with Gasteiger partial charge in [0.15, 0.2) is 0 Å². The lowest BCUT2D eigenvalue weighted by molar-refractivity contribution is 0.0699. The van der Waals surface area contributed by atoms with Gasteiger partial charge in [0.2, 0.25) is 0 Å². The molecule has 0 aliphatic carbocycles. The Balaban J connectivity index is 1.65. The first-order chi connectivity index (χ1) is 11.2. The number of hydrogen-bond acceptors (Lipinski definition) is 4. The summed E-state index contributed by atoms with van der Waals surface area (Å²) < 4.78 is 0. The summed E-state index contributed by atoms with van der Waals surface area (Å²) in [7, 11) is 2.15. The van der Waals surface area contributed by atoms with Gasteiger partial charge in [-0.05, 0) is 44.2 Å². The summed E-state index contributed by atoms with van der Waals surface area (Å²) >= 11 is 0. The topological polar surface area (TPSA) is 50.6 Å². The molecular weight excluding hydrogens is 288 g/mol. The molecule has 1 amide bonds. The predicted octanol–water partition coefficient (Wildman–Crippen LogP) is 1.81. The van der Waals surface area contributed by atoms with Crippen molar-refractivity contribution in [2.24, 2.45) is 5.92 Å². The van der Waals surface area contributed by atoms with E-state index in [2.05, 4.69) is 22.9 Å². The maximum atomic E-state index is 12.6. The normalized spacial score (nSPS) is 22.7. The maximum absolute atomic E-state index is 12.6. The van der Waals surface area contributed by atoms with Crippen molar-refractivity contribution in [3.8, 4) is 6.07 Å². The van der Waals surface area contributed by atoms with Crippen LogP contribution in [0.3, 0.4) is 0 Å². The van der Waals surface area contributed by atoms with Crippen LogP contribution in [0.5, 0.6) is 0 Å². The van der Waals surface area contributed by atoms with Crippen LogP contribution in [0.15, 0.2) is 24.3 Å². The molecule has 0 radical (unpaired) electrons. The van der Waals surface area contributed by atoms with E-state index in [1.54, 1.807) is 0 Å². The Morgan fingerprint density at radius 1 is 1.13 bits per heavy atom. The number of likely N-dealkylation sites (N-methyl/N-ethyl adjacent to an activating group) is 1. The second-order valence-corrected chi connectivity index (χ2v) is 6.56. The molecule has 2 saturated heterocycles. The van der Waals surface area contributed by atoms with Crippen molar-refractivity contribution >= 4 is 11.6 Å². The van der Waals surface area contributed by atoms with E-state index >= 15 is 0 Å². The fourth-order valence-corrected chi connectivity index (χ4v) is 3.33. The first kappa shape index (κ1) is 15.8. The van der Waals surface area contributed by atoms with E-state index in [1.807, 2.05) is 29.2 Å². The molecule has 3 rings (SSSR count). The Hall–Kier alpha value is -2.06. The number of nitrogens with zero attached hydrogens (tertiary/aromatic N) is 4. The molecule has 5 heteroatoms. The summed E-state index contributed by atoms with van der Waals surface area (Å²) in [5.41, 5.74) is 1.91. The standard InChI is InChI=1S/C18H24N4O/c1-20-9-11-21(12-10-20)17-6-4-16(5-7-17)18(23)22-8-2-3-15(13-19)14-22/h4-7,15H,2-3,8-12,14H2,1H3/t15-/m0/s1. The molecule has 122 valence electrons. The number of benzene rings is 1. The van der Waals surface area contributed by atoms with Crippen molar-refractivity contribution in [2.75, 3.05) is 51.2 Å². The lowest BCUT2D eigenvalue weighted by Crippen LogP contribution is -2.44. The maximum Gasteiger partial charge on any atom is 0.253 e. The SMILES string of the molecule is CN1CCN(c2ccc(C(=O)N3CCC[C@@H](C#N)C3)cc2)CC1. The van der Waals surface area contributed by atoms with Crippen LogP contribution in [-0.2, 0) is 0 Å². The molecule has 0 aromatic heterocycles. The number of anilines is 1. The molecule has 5 nitrogen and oxygen atoms in total. The summed E-state index contributed by atoms with van der Waals surface area (Å²) in [4.78, 5) is 19.1. The van der Waals surface area contributed by atoms with Gasteiger partial charge >= 0.3 is 0 Å². The lowest BCUT2D eigenvalue weighted by atomic mass is 9.99. The first-order valence-electron chi connectivity index (χ1n) is 8.40. The van der Waals surface area contributed by atoms with Crippen molar-refractivity contribution in [3.05, 3.63) is 29.8 Å². The molecular formula is C18H24N4O. The number of hydrogen-bond donors (Lipinski definition) is 0. The summed E-state index contributed by atoms with van der Waals surface area (Å²) in [5, 5.41) is 9.06. The van der Waals surface area contributed by atoms with Crippen LogP contribution in [0.25, 0.3) is 0 Å². The molecule has 2 aliphatic rings. The van der Waals surface area contributed by atoms with Crippen molar-refractivity contribution in [2.45, 2.75) is 12.8 Å². The molecule has 2 aliphatic heterocycles. The highest BCUT2D eigenvalue weighted by atomic mass is 16.2. The Morgan fingerprint density at radius 2 is 1.83 bits per heavy atom. The van der Waals surface area contributed by atoms with E-state index < -0.39 is 0 Å². The second kappa shape index (κ2) is 7.01. The van der Waals surface area contributed by atoms with Crippen LogP contribution in [0, 0.1) is 17.2 Å². The van der Waals surface area contributed by atoms with Gasteiger partial charge in [-0.3, -0.25) is 4.79 Å². The second-order valence-electron chi connectivity index (χ2n) is 6.56. The summed E-state index contributed by atoms with van der Waals surface area (Å²) in [5.74, 6) is 0.0344. The van der Waals surface area contributed by atoms with Crippen LogP contribution in [0.2, 0.25) is 0 Å². The fraction of sp³-hybridized carbons (Fsp3) is 0.556. The minimum atomic E-state index is -0.0164. The highest BCUT2D eigenvalue weighted by Gasteiger charge is 2.24. The van der Waals surface area contributed by atoms with Gasteiger partial charge in [0.05, 0.1) is 12.0 Å². The Labute approximate surface area is 138 Å². The molecule has 1 atom stereocenters. The van der Waals surface area contributed by atoms with Crippen LogP contribution in [-0.4, -0.2) is 62.0 Å². The highest BCUT2D eigenvalue weighted by molar-refractivity contribution is 5.94. The summed E-state index contributed by atoms with van der Waals surface area (Å²) in [6.45, 7) is 5.53. The van der Waals surface area contributed by atoms with E-state index in [0.717, 1.165) is 51.1 Å². The number of nitriles is 1. The molecule has 2 fully saturated rings. The van der Waals surface area contributed by atoms with Gasteiger partial charge in [0.25, 0.3) is 5.91 Å². The molecule has 0 spiro atoms. The van der Waals surface area contributed by atoms with E-state index in [-0.39, 0.29) is 11.8 Å². The van der Waals surface area contributed by atoms with Gasteiger partial charge in [0, 0.05) is 50.5 Å². The first-order valence-corrected chi connectivity index (χ1v) is 8.40. The fourth-order valence-electron chi connectivity index (χ4n) is 3.33. The zero-order valence-electron chi connectivity index (χ0n) is 13.7. The monoisotopic (exact) mass is 312 g/mol. The van der Waals surface area contributed by atoms with Crippen LogP contribution in [0.1, 0.15) is 23.2 Å². The average Bonchev–Trinajstić information content (AvgIpc) is 2.62. The average molecular weight is 312 g/mol. The van der Waals surface area contributed by atoms with E-state index in [0.29, 0.717) is 6.54 Å². The molecule has 1 aromatic rings. The van der Waals surface area contributed by atoms with Crippen LogP contribution < -0.4 is 4.90 Å². The Kier molecular flexibility index (Phi) is 4.82. The minimum absolute atomic E-state index is 0.0164. The van der Waals surface area contributed by atoms with E-state index in [9.17, 15) is 4.79 Å².